The van der Waals surface area contributed by atoms with Crippen LogP contribution in [0.25, 0.3) is 0 Å². The fourth-order valence-corrected chi connectivity index (χ4v) is 4.90. The van der Waals surface area contributed by atoms with E-state index < -0.39 is 9.84 Å². The predicted octanol–water partition coefficient (Wildman–Crippen LogP) is 2.47. The Morgan fingerprint density at radius 1 is 1.00 bits per heavy atom. The second-order valence-electron chi connectivity index (χ2n) is 5.93. The third-order valence-corrected chi connectivity index (χ3v) is 5.97. The van der Waals surface area contributed by atoms with E-state index in [2.05, 4.69) is 0 Å². The van der Waals surface area contributed by atoms with E-state index in [-0.39, 0.29) is 35.9 Å². The van der Waals surface area contributed by atoms with Crippen molar-refractivity contribution in [1.29, 1.82) is 0 Å². The molecule has 110 valence electrons. The summed E-state index contributed by atoms with van der Waals surface area (Å²) in [4.78, 5) is 11.9. The fraction of sp³-hybridized carbons (Fsp3) is 0.929. The largest absolute Gasteiger partial charge is 0.462 e. The Balaban J connectivity index is 1.74. The highest BCUT2D eigenvalue weighted by atomic mass is 32.2. The number of ether oxygens (including phenoxy) is 1. The van der Waals surface area contributed by atoms with Crippen LogP contribution in [0.3, 0.4) is 0 Å². The third-order valence-electron chi connectivity index (χ3n) is 4.13. The summed E-state index contributed by atoms with van der Waals surface area (Å²) in [7, 11) is -2.89. The number of esters is 1. The van der Waals surface area contributed by atoms with Gasteiger partial charge in [-0.3, -0.25) is 4.79 Å². The molecular weight excluding hydrogens is 264 g/mol. The molecule has 1 saturated heterocycles. The van der Waals surface area contributed by atoms with E-state index in [0.29, 0.717) is 6.42 Å². The summed E-state index contributed by atoms with van der Waals surface area (Å²) in [5.41, 5.74) is 0. The Bertz CT molecular complexity index is 394. The maximum Gasteiger partial charge on any atom is 0.306 e. The first-order valence-electron chi connectivity index (χ1n) is 7.45. The number of carbonyl (C=O) groups excluding carboxylic acids is 1. The molecule has 4 nitrogen and oxygen atoms in total. The van der Waals surface area contributed by atoms with Crippen molar-refractivity contribution in [1.82, 2.24) is 0 Å². The lowest BCUT2D eigenvalue weighted by Crippen LogP contribution is -2.21. The lowest BCUT2D eigenvalue weighted by molar-refractivity contribution is -0.151. The first-order valence-corrected chi connectivity index (χ1v) is 9.27. The van der Waals surface area contributed by atoms with Crippen LogP contribution in [-0.4, -0.2) is 32.0 Å². The molecule has 1 aliphatic carbocycles. The zero-order valence-corrected chi connectivity index (χ0v) is 12.3. The van der Waals surface area contributed by atoms with Gasteiger partial charge >= 0.3 is 5.97 Å². The number of sulfone groups is 1. The van der Waals surface area contributed by atoms with E-state index in [0.717, 1.165) is 25.7 Å². The van der Waals surface area contributed by atoms with E-state index in [1.807, 2.05) is 0 Å². The molecule has 0 spiro atoms. The highest BCUT2D eigenvalue weighted by Crippen LogP contribution is 2.24. The summed E-state index contributed by atoms with van der Waals surface area (Å²) in [5.74, 6) is 0.167. The summed E-state index contributed by atoms with van der Waals surface area (Å²) in [6.07, 6.45) is 8.91. The van der Waals surface area contributed by atoms with Crippen LogP contribution in [0.2, 0.25) is 0 Å². The molecule has 2 aliphatic rings. The van der Waals surface area contributed by atoms with Crippen LogP contribution < -0.4 is 0 Å². The normalized spacial score (nSPS) is 28.5. The van der Waals surface area contributed by atoms with Crippen LogP contribution in [0.4, 0.5) is 0 Å². The molecular formula is C14H24O4S. The molecule has 0 aromatic carbocycles. The smallest absolute Gasteiger partial charge is 0.306 e. The van der Waals surface area contributed by atoms with Gasteiger partial charge in [0.1, 0.15) is 6.10 Å². The highest BCUT2D eigenvalue weighted by molar-refractivity contribution is 7.91. The minimum Gasteiger partial charge on any atom is -0.462 e. The SMILES string of the molecule is O=C(C[C@@H]1CCS(=O)(=O)C1)OC1CCCCCCC1. The van der Waals surface area contributed by atoms with Gasteiger partial charge in [-0.05, 0) is 38.0 Å². The molecule has 19 heavy (non-hydrogen) atoms. The molecule has 1 saturated carbocycles. The summed E-state index contributed by atoms with van der Waals surface area (Å²) in [6.45, 7) is 0. The quantitative estimate of drug-likeness (QED) is 0.748. The molecule has 2 rings (SSSR count). The van der Waals surface area contributed by atoms with Crippen LogP contribution in [-0.2, 0) is 19.4 Å². The minimum atomic E-state index is -2.89. The molecule has 0 radical (unpaired) electrons. The van der Waals surface area contributed by atoms with Gasteiger partial charge in [-0.1, -0.05) is 19.3 Å². The first kappa shape index (κ1) is 14.8. The van der Waals surface area contributed by atoms with E-state index in [9.17, 15) is 13.2 Å². The number of carbonyl (C=O) groups is 1. The van der Waals surface area contributed by atoms with Gasteiger partial charge in [0.25, 0.3) is 0 Å². The average Bonchev–Trinajstić information content (AvgIpc) is 2.61. The fourth-order valence-electron chi connectivity index (χ4n) is 3.04. The molecule has 0 N–H and O–H groups in total. The van der Waals surface area contributed by atoms with Gasteiger partial charge in [0, 0.05) is 6.42 Å². The summed E-state index contributed by atoms with van der Waals surface area (Å²) >= 11 is 0. The minimum absolute atomic E-state index is 0.0222. The zero-order chi connectivity index (χ0) is 13.7. The van der Waals surface area contributed by atoms with Crippen LogP contribution in [0.15, 0.2) is 0 Å². The van der Waals surface area contributed by atoms with Crippen molar-refractivity contribution >= 4 is 15.8 Å². The predicted molar refractivity (Wildman–Crippen MR) is 73.6 cm³/mol. The third kappa shape index (κ3) is 5.13. The number of hydrogen-bond donors (Lipinski definition) is 0. The molecule has 0 aromatic heterocycles. The average molecular weight is 288 g/mol. The molecule has 0 aromatic rings. The van der Waals surface area contributed by atoms with Gasteiger partial charge in [0.05, 0.1) is 11.5 Å². The Morgan fingerprint density at radius 3 is 2.21 bits per heavy atom. The molecule has 1 heterocycles. The Hall–Kier alpha value is -0.580. The Morgan fingerprint density at radius 2 is 1.63 bits per heavy atom. The van der Waals surface area contributed by atoms with Crippen molar-refractivity contribution in [3.8, 4) is 0 Å². The van der Waals surface area contributed by atoms with Gasteiger partial charge in [-0.2, -0.15) is 0 Å². The Kier molecular flexibility index (Phi) is 5.25. The molecule has 0 unspecified atom stereocenters. The van der Waals surface area contributed by atoms with Crippen molar-refractivity contribution in [3.63, 3.8) is 0 Å². The van der Waals surface area contributed by atoms with Gasteiger partial charge in [0.2, 0.25) is 0 Å². The molecule has 0 bridgehead atoms. The van der Waals surface area contributed by atoms with Gasteiger partial charge in [0.15, 0.2) is 9.84 Å². The first-order chi connectivity index (χ1) is 9.05. The highest BCUT2D eigenvalue weighted by Gasteiger charge is 2.30. The zero-order valence-electron chi connectivity index (χ0n) is 11.5. The van der Waals surface area contributed by atoms with Crippen molar-refractivity contribution in [2.75, 3.05) is 11.5 Å². The van der Waals surface area contributed by atoms with Crippen molar-refractivity contribution < 1.29 is 17.9 Å². The second-order valence-corrected chi connectivity index (χ2v) is 8.16. The second kappa shape index (κ2) is 6.73. The summed E-state index contributed by atoms with van der Waals surface area (Å²) in [5, 5.41) is 0. The number of rotatable bonds is 3. The standard InChI is InChI=1S/C14H24O4S/c15-14(10-12-8-9-19(16,17)11-12)18-13-6-4-2-1-3-5-7-13/h12-13H,1-11H2/t12-/m0/s1. The van der Waals surface area contributed by atoms with Crippen LogP contribution in [0, 0.1) is 5.92 Å². The van der Waals surface area contributed by atoms with Crippen molar-refractivity contribution in [2.24, 2.45) is 5.92 Å². The van der Waals surface area contributed by atoms with E-state index >= 15 is 0 Å². The monoisotopic (exact) mass is 288 g/mol. The van der Waals surface area contributed by atoms with Gasteiger partial charge in [-0.15, -0.1) is 0 Å². The Labute approximate surface area is 115 Å². The summed E-state index contributed by atoms with van der Waals surface area (Å²) < 4.78 is 28.2. The van der Waals surface area contributed by atoms with Crippen molar-refractivity contribution in [2.45, 2.75) is 63.9 Å². The van der Waals surface area contributed by atoms with E-state index in [4.69, 9.17) is 4.74 Å². The topological polar surface area (TPSA) is 60.4 Å². The number of hydrogen-bond acceptors (Lipinski definition) is 4. The molecule has 1 atom stereocenters. The molecule has 0 amide bonds. The van der Waals surface area contributed by atoms with E-state index in [1.54, 1.807) is 0 Å². The summed E-state index contributed by atoms with van der Waals surface area (Å²) in [6, 6.07) is 0. The van der Waals surface area contributed by atoms with Crippen molar-refractivity contribution in [3.05, 3.63) is 0 Å². The molecule has 1 aliphatic heterocycles. The van der Waals surface area contributed by atoms with Gasteiger partial charge in [-0.25, -0.2) is 8.42 Å². The molecule has 2 fully saturated rings. The molecule has 5 heteroatoms. The van der Waals surface area contributed by atoms with E-state index in [1.165, 1.54) is 19.3 Å². The lowest BCUT2D eigenvalue weighted by Gasteiger charge is -2.20. The lowest BCUT2D eigenvalue weighted by atomic mass is 9.98. The van der Waals surface area contributed by atoms with Gasteiger partial charge < -0.3 is 4.74 Å². The van der Waals surface area contributed by atoms with Crippen LogP contribution in [0.1, 0.15) is 57.8 Å². The van der Waals surface area contributed by atoms with Crippen LogP contribution >= 0.6 is 0 Å². The maximum absolute atomic E-state index is 11.9. The van der Waals surface area contributed by atoms with Crippen LogP contribution in [0.5, 0.6) is 0 Å². The maximum atomic E-state index is 11.9.